The summed E-state index contributed by atoms with van der Waals surface area (Å²) in [6.45, 7) is 9.22. The average molecular weight is 370 g/mol. The van der Waals surface area contributed by atoms with Crippen molar-refractivity contribution in [2.24, 2.45) is 0 Å². The molecule has 1 aliphatic heterocycles. The van der Waals surface area contributed by atoms with E-state index in [1.165, 1.54) is 4.90 Å². The molecular weight excluding hydrogens is 345 g/mol. The van der Waals surface area contributed by atoms with Gasteiger partial charge in [0.15, 0.2) is 6.73 Å². The third-order valence-electron chi connectivity index (χ3n) is 4.60. The summed E-state index contributed by atoms with van der Waals surface area (Å²) in [5, 5.41) is 0. The highest BCUT2D eigenvalue weighted by molar-refractivity contribution is 6.05. The van der Waals surface area contributed by atoms with Crippen LogP contribution in [0.1, 0.15) is 34.6 Å². The van der Waals surface area contributed by atoms with E-state index in [-0.39, 0.29) is 12.8 Å². The zero-order valence-corrected chi connectivity index (χ0v) is 15.7. The van der Waals surface area contributed by atoms with Crippen LogP contribution in [0.15, 0.2) is 41.8 Å². The highest BCUT2D eigenvalue weighted by atomic mass is 19.4. The van der Waals surface area contributed by atoms with Gasteiger partial charge in [-0.25, -0.2) is 0 Å². The Morgan fingerprint density at radius 2 is 1.81 bits per heavy atom. The van der Waals surface area contributed by atoms with Gasteiger partial charge in [-0.2, -0.15) is 13.2 Å². The van der Waals surface area contributed by atoms with Crippen molar-refractivity contribution in [1.82, 2.24) is 4.90 Å². The molecule has 1 heterocycles. The van der Waals surface area contributed by atoms with Crippen molar-refractivity contribution in [3.05, 3.63) is 41.8 Å². The first-order chi connectivity index (χ1) is 12.0. The Morgan fingerprint density at radius 1 is 1.23 bits per heavy atom. The molecule has 0 fully saturated rings. The number of halogens is 3. The number of rotatable bonds is 6. The molecule has 0 saturated heterocycles. The van der Waals surface area contributed by atoms with Gasteiger partial charge < -0.3 is 9.64 Å². The Balaban J connectivity index is 2.56. The van der Waals surface area contributed by atoms with E-state index in [0.717, 1.165) is 0 Å². The molecule has 144 valence electrons. The molecular formula is C19H25F3N2O2. The number of ether oxygens (including phenoxy) is 1. The number of hydrogen-bond donors (Lipinski definition) is 0. The lowest BCUT2D eigenvalue weighted by Crippen LogP contribution is -2.55. The number of ketones is 1. The highest BCUT2D eigenvalue weighted by Crippen LogP contribution is 2.39. The van der Waals surface area contributed by atoms with Crippen LogP contribution in [0.2, 0.25) is 0 Å². The van der Waals surface area contributed by atoms with Crippen LogP contribution < -0.4 is 4.90 Å². The second kappa shape index (κ2) is 7.31. The van der Waals surface area contributed by atoms with Gasteiger partial charge in [-0.3, -0.25) is 9.69 Å². The van der Waals surface area contributed by atoms with Crippen LogP contribution in [0, 0.1) is 0 Å². The lowest BCUT2D eigenvalue weighted by Gasteiger charge is -2.40. The van der Waals surface area contributed by atoms with Crippen molar-refractivity contribution < 1.29 is 22.7 Å². The quantitative estimate of drug-likeness (QED) is 0.746. The second-order valence-corrected chi connectivity index (χ2v) is 6.98. The van der Waals surface area contributed by atoms with Crippen molar-refractivity contribution in [3.8, 4) is 0 Å². The number of alkyl halides is 3. The third-order valence-corrected chi connectivity index (χ3v) is 4.60. The average Bonchev–Trinajstić information content (AvgIpc) is 2.99. The molecule has 0 amide bonds. The van der Waals surface area contributed by atoms with Crippen molar-refractivity contribution in [2.75, 3.05) is 18.2 Å². The van der Waals surface area contributed by atoms with Gasteiger partial charge in [-0.15, -0.1) is 0 Å². The summed E-state index contributed by atoms with van der Waals surface area (Å²) >= 11 is 0. The van der Waals surface area contributed by atoms with Crippen molar-refractivity contribution >= 4 is 11.5 Å². The Hall–Kier alpha value is -2.02. The number of benzene rings is 1. The Labute approximate surface area is 152 Å². The molecule has 0 spiro atoms. The number of carbonyl (C=O) groups excluding carboxylic acids is 1. The Morgan fingerprint density at radius 3 is 2.27 bits per heavy atom. The molecule has 4 nitrogen and oxygen atoms in total. The molecule has 7 heteroatoms. The number of para-hydroxylation sites is 1. The summed E-state index contributed by atoms with van der Waals surface area (Å²) in [6, 6.07) is 8.49. The summed E-state index contributed by atoms with van der Waals surface area (Å²) < 4.78 is 45.5. The van der Waals surface area contributed by atoms with Gasteiger partial charge in [0.2, 0.25) is 11.5 Å². The van der Waals surface area contributed by atoms with Crippen molar-refractivity contribution in [3.63, 3.8) is 0 Å². The fourth-order valence-corrected chi connectivity index (χ4v) is 3.46. The smallest absolute Gasteiger partial charge is 0.451 e. The predicted octanol–water partition coefficient (Wildman–Crippen LogP) is 4.33. The number of carbonyl (C=O) groups is 1. The van der Waals surface area contributed by atoms with Gasteiger partial charge in [0.1, 0.15) is 5.70 Å². The molecule has 2 rings (SSSR count). The maximum absolute atomic E-state index is 13.5. The minimum atomic E-state index is -4.74. The van der Waals surface area contributed by atoms with E-state index in [1.54, 1.807) is 44.2 Å². The lowest BCUT2D eigenvalue weighted by molar-refractivity contribution is -0.133. The summed E-state index contributed by atoms with van der Waals surface area (Å²) in [7, 11) is 0. The van der Waals surface area contributed by atoms with E-state index >= 15 is 0 Å². The zero-order chi connectivity index (χ0) is 19.7. The monoisotopic (exact) mass is 370 g/mol. The Bertz CT molecular complexity index is 682. The van der Waals surface area contributed by atoms with Gasteiger partial charge in [-0.1, -0.05) is 25.1 Å². The molecule has 0 atom stereocenters. The number of anilines is 1. The van der Waals surface area contributed by atoms with Crippen LogP contribution in [0.3, 0.4) is 0 Å². The van der Waals surface area contributed by atoms with E-state index < -0.39 is 29.0 Å². The molecule has 0 N–H and O–H groups in total. The summed E-state index contributed by atoms with van der Waals surface area (Å²) in [6.07, 6.45) is -4.74. The molecule has 0 aliphatic carbocycles. The van der Waals surface area contributed by atoms with Crippen LogP contribution in [-0.4, -0.2) is 41.7 Å². The summed E-state index contributed by atoms with van der Waals surface area (Å²) in [5.41, 5.74) is -1.07. The lowest BCUT2D eigenvalue weighted by atomic mass is 9.91. The number of hydrogen-bond acceptors (Lipinski definition) is 4. The normalized spacial score (nSPS) is 15.8. The SMILES string of the molecule is CCN(C(C)C)C(C)(C)C(=O)C1=C(C(F)(F)F)OCN1c1ccccc1. The van der Waals surface area contributed by atoms with E-state index in [0.29, 0.717) is 12.2 Å². The summed E-state index contributed by atoms with van der Waals surface area (Å²) in [4.78, 5) is 16.5. The number of likely N-dealkylation sites (N-methyl/N-ethyl adjacent to an activating group) is 1. The summed E-state index contributed by atoms with van der Waals surface area (Å²) in [5.74, 6) is -1.83. The molecule has 26 heavy (non-hydrogen) atoms. The number of nitrogens with zero attached hydrogens (tertiary/aromatic N) is 2. The van der Waals surface area contributed by atoms with Gasteiger partial charge in [0, 0.05) is 11.7 Å². The maximum Gasteiger partial charge on any atom is 0.451 e. The fraction of sp³-hybridized carbons (Fsp3) is 0.526. The van der Waals surface area contributed by atoms with Crippen LogP contribution in [0.5, 0.6) is 0 Å². The Kier molecular flexibility index (Phi) is 5.70. The fourth-order valence-electron chi connectivity index (χ4n) is 3.46. The first-order valence-corrected chi connectivity index (χ1v) is 8.60. The molecule has 0 aromatic heterocycles. The van der Waals surface area contributed by atoms with Crippen LogP contribution in [-0.2, 0) is 9.53 Å². The van der Waals surface area contributed by atoms with Gasteiger partial charge in [-0.05, 0) is 46.4 Å². The third kappa shape index (κ3) is 3.72. The van der Waals surface area contributed by atoms with Crippen LogP contribution in [0.4, 0.5) is 18.9 Å². The van der Waals surface area contributed by atoms with Crippen LogP contribution in [0.25, 0.3) is 0 Å². The number of Topliss-reactive ketones (excluding diaryl/α,β-unsaturated/α-hetero) is 1. The topological polar surface area (TPSA) is 32.8 Å². The molecule has 1 aromatic rings. The first kappa shape index (κ1) is 20.3. The largest absolute Gasteiger partial charge is 0.466 e. The van der Waals surface area contributed by atoms with E-state index in [9.17, 15) is 18.0 Å². The highest BCUT2D eigenvalue weighted by Gasteiger charge is 2.50. The molecule has 0 bridgehead atoms. The van der Waals surface area contributed by atoms with Gasteiger partial charge >= 0.3 is 6.18 Å². The number of allylic oxidation sites excluding steroid dienone is 1. The standard InChI is InChI=1S/C19H25F3N2O2/c1-6-24(13(2)3)18(4,5)16(25)15-17(19(20,21)22)26-12-23(15)14-10-8-7-9-11-14/h7-11,13H,6,12H2,1-5H3. The minimum Gasteiger partial charge on any atom is -0.466 e. The van der Waals surface area contributed by atoms with Crippen molar-refractivity contribution in [2.45, 2.75) is 52.4 Å². The molecule has 1 aromatic carbocycles. The van der Waals surface area contributed by atoms with Gasteiger partial charge in [0.25, 0.3) is 0 Å². The maximum atomic E-state index is 13.5. The van der Waals surface area contributed by atoms with E-state index in [2.05, 4.69) is 0 Å². The van der Waals surface area contributed by atoms with Gasteiger partial charge in [0.05, 0.1) is 5.54 Å². The molecule has 0 radical (unpaired) electrons. The van der Waals surface area contributed by atoms with E-state index in [4.69, 9.17) is 4.74 Å². The minimum absolute atomic E-state index is 0.00128. The van der Waals surface area contributed by atoms with Crippen molar-refractivity contribution in [1.29, 1.82) is 0 Å². The second-order valence-electron chi connectivity index (χ2n) is 6.98. The molecule has 1 aliphatic rings. The molecule has 0 saturated carbocycles. The zero-order valence-electron chi connectivity index (χ0n) is 15.7. The first-order valence-electron chi connectivity index (χ1n) is 8.60. The molecule has 0 unspecified atom stereocenters. The van der Waals surface area contributed by atoms with Crippen LogP contribution >= 0.6 is 0 Å². The van der Waals surface area contributed by atoms with E-state index in [1.807, 2.05) is 25.7 Å². The predicted molar refractivity (Wildman–Crippen MR) is 94.6 cm³/mol.